The van der Waals surface area contributed by atoms with Crippen molar-refractivity contribution in [2.45, 2.75) is 25.7 Å². The predicted octanol–water partition coefficient (Wildman–Crippen LogP) is 6.70. The van der Waals surface area contributed by atoms with E-state index in [0.717, 1.165) is 49.3 Å². The van der Waals surface area contributed by atoms with Gasteiger partial charge in [-0.2, -0.15) is 0 Å². The molecule has 0 bridgehead atoms. The van der Waals surface area contributed by atoms with Crippen LogP contribution in [-0.4, -0.2) is 27.7 Å². The van der Waals surface area contributed by atoms with Crippen LogP contribution in [0, 0.1) is 11.8 Å². The van der Waals surface area contributed by atoms with Crippen molar-refractivity contribution in [2.24, 2.45) is 11.8 Å². The number of hydrogen-bond donors (Lipinski definition) is 3. The number of aliphatic carboxylic acids is 1. The number of aromatic nitrogens is 1. The summed E-state index contributed by atoms with van der Waals surface area (Å²) in [7, 11) is 0. The molecule has 32 heavy (non-hydrogen) atoms. The van der Waals surface area contributed by atoms with E-state index in [0.29, 0.717) is 11.5 Å². The molecule has 0 atom stereocenters. The van der Waals surface area contributed by atoms with Crippen LogP contribution < -0.4 is 5.32 Å². The lowest BCUT2D eigenvalue weighted by Gasteiger charge is -2.26. The van der Waals surface area contributed by atoms with Crippen LogP contribution in [-0.2, 0) is 4.79 Å². The Kier molecular flexibility index (Phi) is 5.85. The van der Waals surface area contributed by atoms with E-state index in [-0.39, 0.29) is 11.7 Å². The van der Waals surface area contributed by atoms with Crippen LogP contribution in [0.3, 0.4) is 0 Å². The fraction of sp³-hybridized carbons (Fsp3) is 0.280. The van der Waals surface area contributed by atoms with Gasteiger partial charge in [-0.05, 0) is 78.9 Å². The normalized spacial score (nSPS) is 18.6. The number of anilines is 1. The number of para-hydroxylation sites is 1. The maximum atomic E-state index is 11.2. The fourth-order valence-electron chi connectivity index (χ4n) is 4.36. The van der Waals surface area contributed by atoms with E-state index >= 15 is 0 Å². The van der Waals surface area contributed by atoms with Crippen LogP contribution >= 0.6 is 22.7 Å². The molecule has 0 radical (unpaired) electrons. The molecule has 0 amide bonds. The standard InChI is InChI=1S/C25H24N2O3S2/c28-21-4-2-1-3-19(21)20-11-18(22-12-17-9-10-31-25(17)32-22)13-23(27-20)26-14-15-5-7-16(8-6-15)24(29)30/h1-4,9-13,15-16,28H,5-8,14H2,(H,26,27)(H,29,30). The summed E-state index contributed by atoms with van der Waals surface area (Å²) in [5.41, 5.74) is 2.51. The third-order valence-corrected chi connectivity index (χ3v) is 8.46. The number of hydrogen-bond acceptors (Lipinski definition) is 6. The van der Waals surface area contributed by atoms with Crippen molar-refractivity contribution in [3.05, 3.63) is 53.9 Å². The molecule has 1 aliphatic rings. The summed E-state index contributed by atoms with van der Waals surface area (Å²) < 4.78 is 1.30. The van der Waals surface area contributed by atoms with Crippen molar-refractivity contribution >= 4 is 43.9 Å². The predicted molar refractivity (Wildman–Crippen MR) is 132 cm³/mol. The van der Waals surface area contributed by atoms with Gasteiger partial charge in [-0.3, -0.25) is 4.79 Å². The average Bonchev–Trinajstić information content (AvgIpc) is 3.41. The molecule has 1 saturated carbocycles. The molecule has 4 aromatic rings. The highest BCUT2D eigenvalue weighted by atomic mass is 32.2. The second kappa shape index (κ2) is 8.92. The molecule has 1 aromatic carbocycles. The lowest BCUT2D eigenvalue weighted by Crippen LogP contribution is -2.25. The van der Waals surface area contributed by atoms with Gasteiger partial charge >= 0.3 is 5.97 Å². The summed E-state index contributed by atoms with van der Waals surface area (Å²) in [5, 5.41) is 26.5. The number of rotatable bonds is 6. The van der Waals surface area contributed by atoms with Gasteiger partial charge in [0.25, 0.3) is 0 Å². The second-order valence-corrected chi connectivity index (χ2v) is 10.6. The summed E-state index contributed by atoms with van der Waals surface area (Å²) in [6.45, 7) is 0.766. The van der Waals surface area contributed by atoms with Crippen LogP contribution in [0.25, 0.3) is 31.1 Å². The molecule has 5 nitrogen and oxygen atoms in total. The number of pyridine rings is 1. The molecule has 3 heterocycles. The minimum Gasteiger partial charge on any atom is -0.507 e. The number of phenols is 1. The average molecular weight is 465 g/mol. The quantitative estimate of drug-likeness (QED) is 0.296. The smallest absolute Gasteiger partial charge is 0.306 e. The fourth-order valence-corrected chi connectivity index (χ4v) is 6.46. The molecule has 3 aromatic heterocycles. The van der Waals surface area contributed by atoms with E-state index in [4.69, 9.17) is 4.98 Å². The van der Waals surface area contributed by atoms with Crippen molar-refractivity contribution < 1.29 is 15.0 Å². The van der Waals surface area contributed by atoms with Crippen molar-refractivity contribution in [3.8, 4) is 27.4 Å². The van der Waals surface area contributed by atoms with Gasteiger partial charge in [0.1, 0.15) is 11.6 Å². The Morgan fingerprint density at radius 3 is 2.66 bits per heavy atom. The van der Waals surface area contributed by atoms with Crippen molar-refractivity contribution in [3.63, 3.8) is 0 Å². The van der Waals surface area contributed by atoms with Gasteiger partial charge in [-0.1, -0.05) is 12.1 Å². The second-order valence-electron chi connectivity index (χ2n) is 8.35. The number of aromatic hydroxyl groups is 1. The van der Waals surface area contributed by atoms with E-state index in [9.17, 15) is 15.0 Å². The monoisotopic (exact) mass is 464 g/mol. The highest BCUT2D eigenvalue weighted by Gasteiger charge is 2.25. The van der Waals surface area contributed by atoms with Crippen LogP contribution in [0.15, 0.2) is 53.9 Å². The van der Waals surface area contributed by atoms with Crippen molar-refractivity contribution in [1.29, 1.82) is 0 Å². The van der Waals surface area contributed by atoms with Gasteiger partial charge in [0, 0.05) is 22.4 Å². The van der Waals surface area contributed by atoms with Gasteiger partial charge in [0.15, 0.2) is 0 Å². The molecular weight excluding hydrogens is 440 g/mol. The Morgan fingerprint density at radius 1 is 1.09 bits per heavy atom. The summed E-state index contributed by atoms with van der Waals surface area (Å²) in [6.07, 6.45) is 3.31. The number of thiophene rings is 2. The first kappa shape index (κ1) is 21.0. The SMILES string of the molecule is O=C(O)C1CCC(CNc2cc(-c3cc4ccsc4s3)cc(-c3ccccc3O)n2)CC1. The third kappa shape index (κ3) is 4.36. The molecular formula is C25H24N2O3S2. The number of benzene rings is 1. The van der Waals surface area contributed by atoms with Gasteiger partial charge < -0.3 is 15.5 Å². The molecule has 0 saturated heterocycles. The van der Waals surface area contributed by atoms with Crippen molar-refractivity contribution in [1.82, 2.24) is 4.98 Å². The van der Waals surface area contributed by atoms with E-state index in [1.54, 1.807) is 28.7 Å². The maximum absolute atomic E-state index is 11.2. The summed E-state index contributed by atoms with van der Waals surface area (Å²) in [4.78, 5) is 17.2. The summed E-state index contributed by atoms with van der Waals surface area (Å²) >= 11 is 3.51. The van der Waals surface area contributed by atoms with Gasteiger partial charge in [0.05, 0.1) is 15.6 Å². The van der Waals surface area contributed by atoms with Gasteiger partial charge in [-0.25, -0.2) is 4.98 Å². The minimum absolute atomic E-state index is 0.201. The van der Waals surface area contributed by atoms with Gasteiger partial charge in [-0.15, -0.1) is 22.7 Å². The highest BCUT2D eigenvalue weighted by molar-refractivity contribution is 7.39. The number of carboxylic acids is 1. The Bertz CT molecular complexity index is 1230. The lowest BCUT2D eigenvalue weighted by atomic mass is 9.82. The molecule has 1 fully saturated rings. The zero-order valence-electron chi connectivity index (χ0n) is 17.5. The number of nitrogens with zero attached hydrogens (tertiary/aromatic N) is 1. The zero-order valence-corrected chi connectivity index (χ0v) is 19.1. The molecule has 0 aliphatic heterocycles. The molecule has 1 aliphatic carbocycles. The van der Waals surface area contributed by atoms with Gasteiger partial charge in [0.2, 0.25) is 0 Å². The highest BCUT2D eigenvalue weighted by Crippen LogP contribution is 2.39. The van der Waals surface area contributed by atoms with E-state index in [1.807, 2.05) is 24.3 Å². The Hall–Kier alpha value is -2.90. The molecule has 164 valence electrons. The first-order chi connectivity index (χ1) is 15.6. The van der Waals surface area contributed by atoms with E-state index in [2.05, 4.69) is 28.9 Å². The minimum atomic E-state index is -0.672. The van der Waals surface area contributed by atoms with Crippen LogP contribution in [0.5, 0.6) is 5.75 Å². The lowest BCUT2D eigenvalue weighted by molar-refractivity contribution is -0.143. The largest absolute Gasteiger partial charge is 0.507 e. The number of nitrogens with one attached hydrogen (secondary N) is 1. The Morgan fingerprint density at radius 2 is 1.91 bits per heavy atom. The number of phenolic OH excluding ortho intramolecular Hbond substituents is 1. The molecule has 3 N–H and O–H groups in total. The number of fused-ring (bicyclic) bond motifs is 1. The Labute approximate surface area is 194 Å². The molecule has 7 heteroatoms. The molecule has 0 unspecified atom stereocenters. The topological polar surface area (TPSA) is 82.5 Å². The molecule has 5 rings (SSSR count). The number of carboxylic acid groups (broad SMARTS) is 1. The van der Waals surface area contributed by atoms with Crippen LogP contribution in [0.4, 0.5) is 5.82 Å². The first-order valence-electron chi connectivity index (χ1n) is 10.8. The Balaban J connectivity index is 1.42. The van der Waals surface area contributed by atoms with Crippen LogP contribution in [0.2, 0.25) is 0 Å². The summed E-state index contributed by atoms with van der Waals surface area (Å²) in [5.74, 6) is 0.554. The first-order valence-corrected chi connectivity index (χ1v) is 12.5. The van der Waals surface area contributed by atoms with Crippen molar-refractivity contribution in [2.75, 3.05) is 11.9 Å². The van der Waals surface area contributed by atoms with E-state index in [1.165, 1.54) is 14.3 Å². The molecule has 0 spiro atoms. The summed E-state index contributed by atoms with van der Waals surface area (Å²) in [6, 6.07) is 15.7. The number of carbonyl (C=O) groups is 1. The third-order valence-electron chi connectivity index (χ3n) is 6.21. The van der Waals surface area contributed by atoms with Crippen LogP contribution in [0.1, 0.15) is 25.7 Å². The zero-order chi connectivity index (χ0) is 22.1. The van der Waals surface area contributed by atoms with E-state index < -0.39 is 5.97 Å². The maximum Gasteiger partial charge on any atom is 0.306 e.